The molecule has 0 aliphatic carbocycles. The van der Waals surface area contributed by atoms with E-state index in [9.17, 15) is 0 Å². The van der Waals surface area contributed by atoms with E-state index in [1.54, 1.807) is 0 Å². The molecule has 0 unspecified atom stereocenters. The van der Waals surface area contributed by atoms with Crippen molar-refractivity contribution in [2.75, 3.05) is 0 Å². The molecule has 72 valence electrons. The smallest absolute Gasteiger partial charge is 0.0624 e. The maximum Gasteiger partial charge on any atom is 0.0624 e. The highest BCUT2D eigenvalue weighted by Crippen LogP contribution is 2.26. The molecule has 0 bridgehead atoms. The van der Waals surface area contributed by atoms with Crippen LogP contribution >= 0.6 is 23.2 Å². The van der Waals surface area contributed by atoms with Crippen LogP contribution in [0.25, 0.3) is 0 Å². The van der Waals surface area contributed by atoms with Crippen molar-refractivity contribution < 1.29 is 0 Å². The number of hydrogen-bond acceptors (Lipinski definition) is 0. The van der Waals surface area contributed by atoms with Crippen LogP contribution in [-0.2, 0) is 6.42 Å². The Bertz CT molecular complexity index is 269. The third-order valence-corrected chi connectivity index (χ3v) is 2.94. The Morgan fingerprint density at radius 3 is 2.62 bits per heavy atom. The van der Waals surface area contributed by atoms with Gasteiger partial charge in [0, 0.05) is 0 Å². The molecular formula is C11H14Cl2. The summed E-state index contributed by atoms with van der Waals surface area (Å²) in [7, 11) is 0. The van der Waals surface area contributed by atoms with E-state index in [1.807, 2.05) is 18.2 Å². The fourth-order valence-electron chi connectivity index (χ4n) is 1.31. The Morgan fingerprint density at radius 2 is 1.92 bits per heavy atom. The molecule has 13 heavy (non-hydrogen) atoms. The van der Waals surface area contributed by atoms with Crippen molar-refractivity contribution in [1.29, 1.82) is 0 Å². The summed E-state index contributed by atoms with van der Waals surface area (Å²) in [6, 6.07) is 5.83. The molecule has 0 fully saturated rings. The first-order valence-electron chi connectivity index (χ1n) is 4.68. The molecule has 0 saturated heterocycles. The minimum atomic E-state index is 0.663. The maximum absolute atomic E-state index is 6.04. The normalized spacial score (nSPS) is 10.4. The van der Waals surface area contributed by atoms with Crippen LogP contribution in [-0.4, -0.2) is 0 Å². The number of unbranched alkanes of at least 4 members (excludes halogenated alkanes) is 2. The molecule has 0 N–H and O–H groups in total. The van der Waals surface area contributed by atoms with Gasteiger partial charge in [-0.05, 0) is 24.5 Å². The first kappa shape index (κ1) is 10.9. The molecule has 0 saturated carbocycles. The summed E-state index contributed by atoms with van der Waals surface area (Å²) in [6.07, 6.45) is 4.71. The molecule has 0 spiro atoms. The summed E-state index contributed by atoms with van der Waals surface area (Å²) in [5.74, 6) is 0. The Morgan fingerprint density at radius 1 is 1.15 bits per heavy atom. The second-order valence-corrected chi connectivity index (χ2v) is 3.96. The van der Waals surface area contributed by atoms with E-state index in [0.29, 0.717) is 5.02 Å². The molecule has 0 aliphatic rings. The Balaban J connectivity index is 2.61. The quantitative estimate of drug-likeness (QED) is 0.639. The van der Waals surface area contributed by atoms with Crippen LogP contribution in [0.2, 0.25) is 10.0 Å². The van der Waals surface area contributed by atoms with Crippen molar-refractivity contribution in [3.8, 4) is 0 Å². The Hall–Kier alpha value is -0.200. The van der Waals surface area contributed by atoms with E-state index in [0.717, 1.165) is 11.4 Å². The van der Waals surface area contributed by atoms with Crippen LogP contribution in [0.4, 0.5) is 0 Å². The number of hydrogen-bond donors (Lipinski definition) is 0. The van der Waals surface area contributed by atoms with Crippen LogP contribution in [0, 0.1) is 0 Å². The highest BCUT2D eigenvalue weighted by Gasteiger charge is 2.02. The lowest BCUT2D eigenvalue weighted by Gasteiger charge is -2.04. The van der Waals surface area contributed by atoms with Gasteiger partial charge in [-0.2, -0.15) is 0 Å². The zero-order chi connectivity index (χ0) is 9.68. The van der Waals surface area contributed by atoms with Crippen molar-refractivity contribution in [3.05, 3.63) is 33.8 Å². The SMILES string of the molecule is CCCCCc1cccc(Cl)c1Cl. The summed E-state index contributed by atoms with van der Waals surface area (Å²) in [6.45, 7) is 2.19. The van der Waals surface area contributed by atoms with E-state index >= 15 is 0 Å². The zero-order valence-corrected chi connectivity index (χ0v) is 9.33. The van der Waals surface area contributed by atoms with Gasteiger partial charge in [0.1, 0.15) is 0 Å². The van der Waals surface area contributed by atoms with Gasteiger partial charge in [0.2, 0.25) is 0 Å². The molecule has 0 aliphatic heterocycles. The van der Waals surface area contributed by atoms with Gasteiger partial charge in [0.15, 0.2) is 0 Å². The lowest BCUT2D eigenvalue weighted by atomic mass is 10.1. The standard InChI is InChI=1S/C11H14Cl2/c1-2-3-4-6-9-7-5-8-10(12)11(9)13/h5,7-8H,2-4,6H2,1H3. The van der Waals surface area contributed by atoms with Gasteiger partial charge in [0.25, 0.3) is 0 Å². The summed E-state index contributed by atoms with van der Waals surface area (Å²) in [5, 5.41) is 1.39. The molecule has 0 amide bonds. The second-order valence-electron chi connectivity index (χ2n) is 3.17. The zero-order valence-electron chi connectivity index (χ0n) is 7.82. The van der Waals surface area contributed by atoms with E-state index < -0.39 is 0 Å². The van der Waals surface area contributed by atoms with Gasteiger partial charge in [-0.1, -0.05) is 55.1 Å². The number of aryl methyl sites for hydroxylation is 1. The number of halogens is 2. The fourth-order valence-corrected chi connectivity index (χ4v) is 1.72. The maximum atomic E-state index is 6.04. The molecule has 1 aromatic carbocycles. The van der Waals surface area contributed by atoms with E-state index in [2.05, 4.69) is 6.92 Å². The van der Waals surface area contributed by atoms with Crippen molar-refractivity contribution in [2.24, 2.45) is 0 Å². The van der Waals surface area contributed by atoms with Crippen molar-refractivity contribution in [1.82, 2.24) is 0 Å². The third kappa shape index (κ3) is 3.21. The number of rotatable bonds is 4. The lowest BCUT2D eigenvalue weighted by Crippen LogP contribution is -1.87. The average Bonchev–Trinajstić information content (AvgIpc) is 2.13. The summed E-state index contributed by atoms with van der Waals surface area (Å²) in [5.41, 5.74) is 1.17. The van der Waals surface area contributed by atoms with Crippen molar-refractivity contribution in [2.45, 2.75) is 32.6 Å². The minimum absolute atomic E-state index is 0.663. The van der Waals surface area contributed by atoms with E-state index in [-0.39, 0.29) is 0 Å². The predicted molar refractivity (Wildman–Crippen MR) is 59.7 cm³/mol. The minimum Gasteiger partial charge on any atom is -0.0827 e. The lowest BCUT2D eigenvalue weighted by molar-refractivity contribution is 0.717. The topological polar surface area (TPSA) is 0 Å². The Labute approximate surface area is 89.9 Å². The van der Waals surface area contributed by atoms with Crippen LogP contribution in [0.15, 0.2) is 18.2 Å². The fraction of sp³-hybridized carbons (Fsp3) is 0.455. The first-order chi connectivity index (χ1) is 6.25. The third-order valence-electron chi connectivity index (χ3n) is 2.08. The molecular weight excluding hydrogens is 203 g/mol. The Kier molecular flexibility index (Phi) is 4.61. The highest BCUT2D eigenvalue weighted by molar-refractivity contribution is 6.42. The van der Waals surface area contributed by atoms with Gasteiger partial charge >= 0.3 is 0 Å². The molecule has 0 nitrogen and oxygen atoms in total. The van der Waals surface area contributed by atoms with Crippen LogP contribution in [0.3, 0.4) is 0 Å². The number of benzene rings is 1. The second kappa shape index (κ2) is 5.51. The monoisotopic (exact) mass is 216 g/mol. The van der Waals surface area contributed by atoms with Gasteiger partial charge in [-0.15, -0.1) is 0 Å². The van der Waals surface area contributed by atoms with Gasteiger partial charge < -0.3 is 0 Å². The highest BCUT2D eigenvalue weighted by atomic mass is 35.5. The van der Waals surface area contributed by atoms with E-state index in [4.69, 9.17) is 23.2 Å². The molecule has 0 atom stereocenters. The van der Waals surface area contributed by atoms with E-state index in [1.165, 1.54) is 24.8 Å². The largest absolute Gasteiger partial charge is 0.0827 e. The van der Waals surface area contributed by atoms with Crippen molar-refractivity contribution in [3.63, 3.8) is 0 Å². The molecule has 1 aromatic rings. The average molecular weight is 217 g/mol. The van der Waals surface area contributed by atoms with Crippen LogP contribution < -0.4 is 0 Å². The molecule has 0 aromatic heterocycles. The molecule has 1 rings (SSSR count). The molecule has 0 heterocycles. The first-order valence-corrected chi connectivity index (χ1v) is 5.44. The van der Waals surface area contributed by atoms with Gasteiger partial charge in [-0.25, -0.2) is 0 Å². The summed E-state index contributed by atoms with van der Waals surface area (Å²) in [4.78, 5) is 0. The predicted octanol–water partition coefficient (Wildman–Crippen LogP) is 4.73. The van der Waals surface area contributed by atoms with Crippen LogP contribution in [0.5, 0.6) is 0 Å². The summed E-state index contributed by atoms with van der Waals surface area (Å²) < 4.78 is 0. The molecule has 2 heteroatoms. The summed E-state index contributed by atoms with van der Waals surface area (Å²) >= 11 is 11.9. The molecule has 0 radical (unpaired) electrons. The van der Waals surface area contributed by atoms with Crippen molar-refractivity contribution >= 4 is 23.2 Å². The van der Waals surface area contributed by atoms with Crippen LogP contribution in [0.1, 0.15) is 31.7 Å². The van der Waals surface area contributed by atoms with Gasteiger partial charge in [-0.3, -0.25) is 0 Å². The van der Waals surface area contributed by atoms with Gasteiger partial charge in [0.05, 0.1) is 10.0 Å².